The van der Waals surface area contributed by atoms with Gasteiger partial charge in [0.2, 0.25) is 0 Å². The third kappa shape index (κ3) is 4.79. The van der Waals surface area contributed by atoms with Gasteiger partial charge in [0.25, 0.3) is 5.91 Å². The van der Waals surface area contributed by atoms with E-state index in [-0.39, 0.29) is 10.8 Å². The topological polar surface area (TPSA) is 84.5 Å². The van der Waals surface area contributed by atoms with Gasteiger partial charge in [-0.05, 0) is 82.5 Å². The van der Waals surface area contributed by atoms with Gasteiger partial charge in [-0.2, -0.15) is 0 Å². The second-order valence-electron chi connectivity index (χ2n) is 9.63. The van der Waals surface area contributed by atoms with Crippen LogP contribution in [0.5, 0.6) is 0 Å². The van der Waals surface area contributed by atoms with Crippen LogP contribution in [0.3, 0.4) is 0 Å². The van der Waals surface area contributed by atoms with Crippen molar-refractivity contribution in [2.75, 3.05) is 13.2 Å². The maximum atomic E-state index is 12.8. The van der Waals surface area contributed by atoms with Gasteiger partial charge in [-0.1, -0.05) is 11.6 Å². The molecule has 5 aliphatic rings. The lowest BCUT2D eigenvalue weighted by Gasteiger charge is -2.58. The molecular formula is C22H31ClN2O4. The Kier molecular flexibility index (Phi) is 5.92. The first kappa shape index (κ1) is 20.7. The molecule has 0 unspecified atom stereocenters. The van der Waals surface area contributed by atoms with E-state index >= 15 is 0 Å². The molecule has 2 atom stereocenters. The van der Waals surface area contributed by atoms with Gasteiger partial charge in [-0.3, -0.25) is 14.9 Å². The van der Waals surface area contributed by atoms with Crippen LogP contribution in [-0.2, 0) is 14.3 Å². The van der Waals surface area contributed by atoms with Gasteiger partial charge in [0, 0.05) is 11.4 Å². The van der Waals surface area contributed by atoms with Crippen LogP contribution in [0.25, 0.3) is 0 Å². The molecule has 7 heteroatoms. The molecule has 0 radical (unpaired) electrons. The number of nitrogens with one attached hydrogen (secondary N) is 2. The van der Waals surface area contributed by atoms with E-state index in [2.05, 4.69) is 16.7 Å². The van der Waals surface area contributed by atoms with Gasteiger partial charge in [0.15, 0.2) is 6.61 Å². The molecule has 5 rings (SSSR count). The van der Waals surface area contributed by atoms with Crippen LogP contribution < -0.4 is 10.6 Å². The zero-order chi connectivity index (χ0) is 20.5. The van der Waals surface area contributed by atoms with Crippen LogP contribution in [0, 0.1) is 17.3 Å². The number of amides is 3. The molecule has 4 bridgehead atoms. The number of carbonyl (C=O) groups is 3. The van der Waals surface area contributed by atoms with E-state index in [4.69, 9.17) is 16.3 Å². The van der Waals surface area contributed by atoms with Crippen molar-refractivity contribution >= 4 is 29.5 Å². The summed E-state index contributed by atoms with van der Waals surface area (Å²) < 4.78 is 5.34. The van der Waals surface area contributed by atoms with Crippen molar-refractivity contribution in [1.29, 1.82) is 0 Å². The fourth-order valence-corrected chi connectivity index (χ4v) is 7.04. The molecule has 4 saturated carbocycles. The number of urea groups is 1. The molecule has 3 amide bonds. The van der Waals surface area contributed by atoms with E-state index in [0.717, 1.165) is 51.4 Å². The van der Waals surface area contributed by atoms with Gasteiger partial charge in [0.1, 0.15) is 0 Å². The van der Waals surface area contributed by atoms with E-state index in [0.29, 0.717) is 24.8 Å². The number of imide groups is 1. The molecule has 29 heavy (non-hydrogen) atoms. The number of alkyl halides is 1. The van der Waals surface area contributed by atoms with Gasteiger partial charge in [-0.15, -0.1) is 11.6 Å². The summed E-state index contributed by atoms with van der Waals surface area (Å²) in [5, 5.41) is 4.93. The Morgan fingerprint density at radius 3 is 2.55 bits per heavy atom. The van der Waals surface area contributed by atoms with E-state index < -0.39 is 24.0 Å². The molecule has 0 heterocycles. The second-order valence-corrected chi connectivity index (χ2v) is 10.4. The maximum absolute atomic E-state index is 12.8. The summed E-state index contributed by atoms with van der Waals surface area (Å²) in [7, 11) is 0. The molecule has 160 valence electrons. The van der Waals surface area contributed by atoms with Crippen molar-refractivity contribution in [2.45, 2.75) is 75.5 Å². The summed E-state index contributed by atoms with van der Waals surface area (Å²) in [6.07, 6.45) is 13.1. The van der Waals surface area contributed by atoms with Crippen molar-refractivity contribution in [1.82, 2.24) is 10.6 Å². The number of esters is 1. The molecule has 6 nitrogen and oxygen atoms in total. The number of ether oxygens (including phenoxy) is 1. The molecule has 0 spiro atoms. The van der Waals surface area contributed by atoms with Crippen molar-refractivity contribution < 1.29 is 19.1 Å². The monoisotopic (exact) mass is 422 g/mol. The highest BCUT2D eigenvalue weighted by atomic mass is 35.5. The van der Waals surface area contributed by atoms with Crippen LogP contribution in [0.15, 0.2) is 11.6 Å². The second kappa shape index (κ2) is 8.29. The molecule has 0 aromatic heterocycles. The quantitative estimate of drug-likeness (QED) is 0.387. The minimum atomic E-state index is -0.599. The number of rotatable bonds is 6. The lowest BCUT2D eigenvalue weighted by Crippen LogP contribution is -2.56. The molecule has 0 aromatic carbocycles. The van der Waals surface area contributed by atoms with Crippen molar-refractivity contribution in [3.05, 3.63) is 11.6 Å². The minimum absolute atomic E-state index is 0.279. The van der Waals surface area contributed by atoms with Crippen molar-refractivity contribution in [3.63, 3.8) is 0 Å². The predicted octanol–water partition coefficient (Wildman–Crippen LogP) is 3.82. The first-order valence-corrected chi connectivity index (χ1v) is 11.4. The normalized spacial score (nSPS) is 35.0. The van der Waals surface area contributed by atoms with Crippen LogP contribution >= 0.6 is 11.6 Å². The highest BCUT2D eigenvalue weighted by Gasteiger charge is 2.60. The van der Waals surface area contributed by atoms with Crippen LogP contribution in [0.2, 0.25) is 0 Å². The van der Waals surface area contributed by atoms with Crippen LogP contribution in [0.1, 0.15) is 70.6 Å². The smallest absolute Gasteiger partial charge is 0.321 e. The highest BCUT2D eigenvalue weighted by molar-refractivity contribution is 6.24. The molecule has 2 N–H and O–H groups in total. The van der Waals surface area contributed by atoms with Crippen molar-refractivity contribution in [2.24, 2.45) is 17.3 Å². The lowest BCUT2D eigenvalue weighted by atomic mass is 9.49. The predicted molar refractivity (Wildman–Crippen MR) is 109 cm³/mol. The van der Waals surface area contributed by atoms with E-state index in [9.17, 15) is 14.4 Å². The standard InChI is InChI=1S/C22H31ClN2O4/c23-22-11-16-8-17(12-22)10-21(9-16,14-22)19(27)29-13-18(26)25-20(28)24-7-6-15-4-2-1-3-5-15/h4,16-17H,1-3,5-14H2,(H2,24,25,26,28)/t16-,17-,21?,22?/m0/s1. The van der Waals surface area contributed by atoms with E-state index in [1.807, 2.05) is 0 Å². The Balaban J connectivity index is 1.19. The number of allylic oxidation sites excluding steroid dienone is 1. The zero-order valence-electron chi connectivity index (χ0n) is 16.9. The Labute approximate surface area is 177 Å². The zero-order valence-corrected chi connectivity index (χ0v) is 17.7. The third-order valence-corrected chi connectivity index (χ3v) is 7.57. The lowest BCUT2D eigenvalue weighted by molar-refractivity contribution is -0.171. The Morgan fingerprint density at radius 1 is 1.14 bits per heavy atom. The van der Waals surface area contributed by atoms with Gasteiger partial charge < -0.3 is 10.1 Å². The molecule has 5 aliphatic carbocycles. The maximum Gasteiger partial charge on any atom is 0.321 e. The van der Waals surface area contributed by atoms with Crippen LogP contribution in [-0.4, -0.2) is 35.9 Å². The van der Waals surface area contributed by atoms with Crippen LogP contribution in [0.4, 0.5) is 4.79 Å². The molecule has 0 aliphatic heterocycles. The van der Waals surface area contributed by atoms with Gasteiger partial charge >= 0.3 is 12.0 Å². The summed E-state index contributed by atoms with van der Waals surface area (Å²) in [5.41, 5.74) is 0.826. The molecule has 4 fully saturated rings. The number of hydrogen-bond acceptors (Lipinski definition) is 4. The number of halogens is 1. The summed E-state index contributed by atoms with van der Waals surface area (Å²) in [5.74, 6) is 0.0508. The summed E-state index contributed by atoms with van der Waals surface area (Å²) in [6, 6.07) is -0.544. The summed E-state index contributed by atoms with van der Waals surface area (Å²) in [6.45, 7) is 0.0677. The number of hydrogen-bond donors (Lipinski definition) is 2. The molecule has 0 aromatic rings. The summed E-state index contributed by atoms with van der Waals surface area (Å²) in [4.78, 5) is 36.4. The average molecular weight is 423 g/mol. The third-order valence-electron chi connectivity index (χ3n) is 7.13. The Morgan fingerprint density at radius 2 is 1.90 bits per heavy atom. The van der Waals surface area contributed by atoms with E-state index in [1.54, 1.807) is 0 Å². The molecule has 0 saturated heterocycles. The minimum Gasteiger partial charge on any atom is -0.455 e. The Bertz CT molecular complexity index is 706. The molecular weight excluding hydrogens is 392 g/mol. The average Bonchev–Trinajstić information content (AvgIpc) is 2.65. The van der Waals surface area contributed by atoms with Crippen molar-refractivity contribution in [3.8, 4) is 0 Å². The Hall–Kier alpha value is -1.56. The SMILES string of the molecule is O=C(COC(=O)C12C[C@@H]3C[C@H](CC(Cl)(C3)C1)C2)NC(=O)NCCC1=CCCCC1. The highest BCUT2D eigenvalue weighted by Crippen LogP contribution is 2.64. The number of carbonyl (C=O) groups excluding carboxylic acids is 3. The fraction of sp³-hybridized carbons (Fsp3) is 0.773. The van der Waals surface area contributed by atoms with Gasteiger partial charge in [0.05, 0.1) is 5.41 Å². The first-order valence-electron chi connectivity index (χ1n) is 11.0. The van der Waals surface area contributed by atoms with Gasteiger partial charge in [-0.25, -0.2) is 4.79 Å². The first-order chi connectivity index (χ1) is 13.9. The largest absolute Gasteiger partial charge is 0.455 e. The van der Waals surface area contributed by atoms with E-state index in [1.165, 1.54) is 18.4 Å². The summed E-state index contributed by atoms with van der Waals surface area (Å²) >= 11 is 6.76. The fourth-order valence-electron chi connectivity index (χ4n) is 6.35.